The Morgan fingerprint density at radius 1 is 1.56 bits per heavy atom. The van der Waals surface area contributed by atoms with Crippen molar-refractivity contribution in [2.45, 2.75) is 5.92 Å². The summed E-state index contributed by atoms with van der Waals surface area (Å²) in [5.41, 5.74) is 8.21. The number of amides is 1. The predicted molar refractivity (Wildman–Crippen MR) is 63.2 cm³/mol. The van der Waals surface area contributed by atoms with Crippen molar-refractivity contribution in [1.82, 2.24) is 25.6 Å². The molecular weight excluding hydrogens is 234 g/mol. The van der Waals surface area contributed by atoms with Crippen molar-refractivity contribution >= 4 is 12.1 Å². The van der Waals surface area contributed by atoms with Crippen molar-refractivity contribution in [3.8, 4) is 0 Å². The number of nitrogens with two attached hydrogens (primary N) is 1. The lowest BCUT2D eigenvalue weighted by atomic mass is 10.1. The SMILES string of the molecule is NC(=O)c1n[nH]c(C2C=CN3NCC=C3N=C2)n1. The van der Waals surface area contributed by atoms with Gasteiger partial charge >= 0.3 is 0 Å². The Morgan fingerprint density at radius 3 is 3.22 bits per heavy atom. The first-order chi connectivity index (χ1) is 8.74. The number of hydrogen-bond donors (Lipinski definition) is 3. The Bertz CT molecular complexity index is 571. The van der Waals surface area contributed by atoms with E-state index in [2.05, 4.69) is 25.6 Å². The Hall–Kier alpha value is -2.48. The number of carbonyl (C=O) groups excluding carboxylic acids is 1. The van der Waals surface area contributed by atoms with Gasteiger partial charge in [0.2, 0.25) is 5.82 Å². The van der Waals surface area contributed by atoms with Gasteiger partial charge < -0.3 is 5.73 Å². The quantitative estimate of drug-likeness (QED) is 0.634. The summed E-state index contributed by atoms with van der Waals surface area (Å²) in [6.45, 7) is 0.760. The highest BCUT2D eigenvalue weighted by molar-refractivity contribution is 5.88. The van der Waals surface area contributed by atoms with Crippen molar-refractivity contribution in [2.24, 2.45) is 10.7 Å². The summed E-state index contributed by atoms with van der Waals surface area (Å²) in [5, 5.41) is 8.25. The second kappa shape index (κ2) is 4.08. The molecule has 1 atom stereocenters. The number of hydrogen-bond acceptors (Lipinski definition) is 6. The summed E-state index contributed by atoms with van der Waals surface area (Å²) in [4.78, 5) is 19.3. The number of aromatic nitrogens is 3. The first-order valence-corrected chi connectivity index (χ1v) is 5.41. The van der Waals surface area contributed by atoms with E-state index in [-0.39, 0.29) is 11.7 Å². The van der Waals surface area contributed by atoms with Crippen molar-refractivity contribution in [2.75, 3.05) is 6.54 Å². The van der Waals surface area contributed by atoms with Crippen LogP contribution in [-0.2, 0) is 0 Å². The molecule has 2 aliphatic heterocycles. The highest BCUT2D eigenvalue weighted by Gasteiger charge is 2.19. The van der Waals surface area contributed by atoms with Gasteiger partial charge in [-0.25, -0.2) is 15.4 Å². The monoisotopic (exact) mass is 245 g/mol. The Kier molecular flexibility index (Phi) is 2.41. The fourth-order valence-electron chi connectivity index (χ4n) is 1.74. The average Bonchev–Trinajstić information content (AvgIpc) is 2.96. The molecule has 3 rings (SSSR count). The average molecular weight is 245 g/mol. The molecule has 1 aromatic rings. The van der Waals surface area contributed by atoms with Gasteiger partial charge in [-0.1, -0.05) is 6.08 Å². The van der Waals surface area contributed by atoms with Crippen LogP contribution in [0.15, 0.2) is 29.2 Å². The first kappa shape index (κ1) is 10.7. The van der Waals surface area contributed by atoms with E-state index in [1.807, 2.05) is 23.4 Å². The second-order valence-electron chi connectivity index (χ2n) is 3.85. The van der Waals surface area contributed by atoms with Gasteiger partial charge in [0.15, 0.2) is 0 Å². The minimum atomic E-state index is -0.656. The van der Waals surface area contributed by atoms with Crippen LogP contribution in [0.4, 0.5) is 0 Å². The van der Waals surface area contributed by atoms with Crippen molar-refractivity contribution in [1.29, 1.82) is 0 Å². The summed E-state index contributed by atoms with van der Waals surface area (Å²) >= 11 is 0. The van der Waals surface area contributed by atoms with Crippen molar-refractivity contribution in [3.63, 3.8) is 0 Å². The number of aromatic amines is 1. The molecule has 0 bridgehead atoms. The minimum absolute atomic E-state index is 0.0195. The molecule has 8 heteroatoms. The highest BCUT2D eigenvalue weighted by atomic mass is 16.1. The topological polar surface area (TPSA) is 112 Å². The molecule has 0 aromatic carbocycles. The summed E-state index contributed by atoms with van der Waals surface area (Å²) in [5.74, 6) is 0.527. The Labute approximate surface area is 102 Å². The van der Waals surface area contributed by atoms with Gasteiger partial charge in [-0.3, -0.25) is 14.9 Å². The smallest absolute Gasteiger partial charge is 0.288 e. The molecule has 0 radical (unpaired) electrons. The molecule has 92 valence electrons. The first-order valence-electron chi connectivity index (χ1n) is 5.41. The molecule has 0 aliphatic carbocycles. The number of H-pyrrole nitrogens is 1. The lowest BCUT2D eigenvalue weighted by molar-refractivity contribution is 0.0991. The van der Waals surface area contributed by atoms with E-state index in [1.54, 1.807) is 6.21 Å². The van der Waals surface area contributed by atoms with Gasteiger partial charge in [0, 0.05) is 19.0 Å². The van der Waals surface area contributed by atoms with E-state index in [9.17, 15) is 4.79 Å². The number of primary amides is 1. The Morgan fingerprint density at radius 2 is 2.44 bits per heavy atom. The van der Waals surface area contributed by atoms with Gasteiger partial charge in [-0.15, -0.1) is 5.10 Å². The van der Waals surface area contributed by atoms with E-state index in [1.165, 1.54) is 0 Å². The third-order valence-electron chi connectivity index (χ3n) is 2.64. The zero-order valence-electron chi connectivity index (χ0n) is 9.37. The van der Waals surface area contributed by atoms with Crippen molar-refractivity contribution in [3.05, 3.63) is 35.8 Å². The van der Waals surface area contributed by atoms with Crippen LogP contribution in [0.1, 0.15) is 22.4 Å². The highest BCUT2D eigenvalue weighted by Crippen LogP contribution is 2.18. The molecular formula is C10H11N7O. The molecule has 1 unspecified atom stereocenters. The predicted octanol–water partition coefficient (Wildman–Crippen LogP) is -0.753. The molecule has 3 heterocycles. The van der Waals surface area contributed by atoms with E-state index >= 15 is 0 Å². The molecule has 0 spiro atoms. The molecule has 0 fully saturated rings. The van der Waals surface area contributed by atoms with Gasteiger partial charge in [0.1, 0.15) is 11.6 Å². The van der Waals surface area contributed by atoms with Crippen LogP contribution in [0.5, 0.6) is 0 Å². The zero-order valence-corrected chi connectivity index (χ0v) is 9.37. The van der Waals surface area contributed by atoms with Crippen LogP contribution < -0.4 is 11.2 Å². The number of aliphatic imine (C=N–C) groups is 1. The molecule has 0 saturated carbocycles. The molecule has 4 N–H and O–H groups in total. The third-order valence-corrected chi connectivity index (χ3v) is 2.64. The fraction of sp³-hybridized carbons (Fsp3) is 0.200. The summed E-state index contributed by atoms with van der Waals surface area (Å²) in [7, 11) is 0. The molecule has 1 amide bonds. The molecule has 0 saturated heterocycles. The number of hydrazine groups is 1. The lowest BCUT2D eigenvalue weighted by Gasteiger charge is -2.12. The maximum atomic E-state index is 10.9. The fourth-order valence-corrected chi connectivity index (χ4v) is 1.74. The van der Waals surface area contributed by atoms with E-state index in [0.717, 1.165) is 12.4 Å². The van der Waals surface area contributed by atoms with Gasteiger partial charge in [0.25, 0.3) is 5.91 Å². The normalized spacial score (nSPS) is 21.7. The molecule has 18 heavy (non-hydrogen) atoms. The molecule has 1 aromatic heterocycles. The van der Waals surface area contributed by atoms with E-state index in [0.29, 0.717) is 5.82 Å². The third kappa shape index (κ3) is 1.78. The standard InChI is InChI=1S/C10H11N7O/c11-8(18)10-14-9(15-16-10)6-2-4-17-7(12-5-6)1-3-13-17/h1-2,4-6,13H,3H2,(H2,11,18)(H,14,15,16). The Balaban J connectivity index is 1.88. The van der Waals surface area contributed by atoms with Crippen LogP contribution in [0.3, 0.4) is 0 Å². The van der Waals surface area contributed by atoms with E-state index < -0.39 is 5.91 Å². The summed E-state index contributed by atoms with van der Waals surface area (Å²) in [6.07, 6.45) is 7.47. The lowest BCUT2D eigenvalue weighted by Crippen LogP contribution is -2.25. The van der Waals surface area contributed by atoms with Crippen molar-refractivity contribution < 1.29 is 4.79 Å². The van der Waals surface area contributed by atoms with E-state index in [4.69, 9.17) is 5.73 Å². The number of carbonyl (C=O) groups is 1. The van der Waals surface area contributed by atoms with Gasteiger partial charge in [-0.05, 0) is 6.08 Å². The number of nitrogens with one attached hydrogen (secondary N) is 2. The van der Waals surface area contributed by atoms with Crippen LogP contribution in [0, 0.1) is 0 Å². The summed E-state index contributed by atoms with van der Waals surface area (Å²) < 4.78 is 0. The maximum Gasteiger partial charge on any atom is 0.288 e. The second-order valence-corrected chi connectivity index (χ2v) is 3.85. The number of nitrogens with zero attached hydrogens (tertiary/aromatic N) is 4. The largest absolute Gasteiger partial charge is 0.363 e. The molecule has 8 nitrogen and oxygen atoms in total. The zero-order chi connectivity index (χ0) is 12.5. The van der Waals surface area contributed by atoms with Crippen LogP contribution in [0.25, 0.3) is 0 Å². The van der Waals surface area contributed by atoms with Crippen LogP contribution >= 0.6 is 0 Å². The van der Waals surface area contributed by atoms with Gasteiger partial charge in [-0.2, -0.15) is 0 Å². The summed E-state index contributed by atoms with van der Waals surface area (Å²) in [6, 6.07) is 0. The number of rotatable bonds is 2. The minimum Gasteiger partial charge on any atom is -0.363 e. The maximum absolute atomic E-state index is 10.9. The van der Waals surface area contributed by atoms with Gasteiger partial charge in [0.05, 0.1) is 5.92 Å². The van der Waals surface area contributed by atoms with Crippen LogP contribution in [-0.4, -0.2) is 38.9 Å². The molecule has 2 aliphatic rings. The number of allylic oxidation sites excluding steroid dienone is 1. The number of fused-ring (bicyclic) bond motifs is 1. The van der Waals surface area contributed by atoms with Crippen LogP contribution in [0.2, 0.25) is 0 Å².